The van der Waals surface area contributed by atoms with Gasteiger partial charge in [0.05, 0.1) is 21.0 Å². The number of hydrogen-bond acceptors (Lipinski definition) is 7. The Morgan fingerprint density at radius 2 is 1.21 bits per heavy atom. The second-order valence-corrected chi connectivity index (χ2v) is 11.9. The SMILES string of the molecule is Cc1ccc(S(=O)(=O)Nc2ccccc2C(=O)Nc2ccc(S(=O)(=O)Nc3nc(C)cc(C)n3)cc2)cc1. The quantitative estimate of drug-likeness (QED) is 0.296. The Kier molecular flexibility index (Phi) is 7.46. The molecule has 3 N–H and O–H groups in total. The van der Waals surface area contributed by atoms with Gasteiger partial charge in [-0.15, -0.1) is 0 Å². The monoisotopic (exact) mass is 551 g/mol. The molecule has 0 saturated heterocycles. The molecule has 0 aliphatic heterocycles. The minimum Gasteiger partial charge on any atom is -0.322 e. The first-order valence-corrected chi connectivity index (χ1v) is 14.3. The van der Waals surface area contributed by atoms with Gasteiger partial charge >= 0.3 is 0 Å². The first-order chi connectivity index (χ1) is 17.9. The molecule has 0 bridgehead atoms. The van der Waals surface area contributed by atoms with E-state index in [-0.39, 0.29) is 27.0 Å². The zero-order chi connectivity index (χ0) is 27.5. The third-order valence-electron chi connectivity index (χ3n) is 5.38. The highest BCUT2D eigenvalue weighted by Crippen LogP contribution is 2.23. The van der Waals surface area contributed by atoms with E-state index >= 15 is 0 Å². The Bertz CT molecular complexity index is 1680. The number of amides is 1. The summed E-state index contributed by atoms with van der Waals surface area (Å²) in [4.78, 5) is 21.2. The van der Waals surface area contributed by atoms with Crippen molar-refractivity contribution in [1.82, 2.24) is 9.97 Å². The van der Waals surface area contributed by atoms with E-state index in [1.807, 2.05) is 6.92 Å². The van der Waals surface area contributed by atoms with Crippen molar-refractivity contribution in [2.45, 2.75) is 30.6 Å². The molecule has 0 spiro atoms. The highest BCUT2D eigenvalue weighted by atomic mass is 32.2. The molecular weight excluding hydrogens is 526 g/mol. The van der Waals surface area contributed by atoms with Crippen molar-refractivity contribution in [2.24, 2.45) is 0 Å². The molecule has 38 heavy (non-hydrogen) atoms. The summed E-state index contributed by atoms with van der Waals surface area (Å²) in [5.41, 5.74) is 2.66. The van der Waals surface area contributed by atoms with E-state index in [2.05, 4.69) is 24.7 Å². The molecule has 0 unspecified atom stereocenters. The highest BCUT2D eigenvalue weighted by Gasteiger charge is 2.20. The Morgan fingerprint density at radius 1 is 0.684 bits per heavy atom. The van der Waals surface area contributed by atoms with Gasteiger partial charge < -0.3 is 5.32 Å². The first kappa shape index (κ1) is 26.8. The van der Waals surface area contributed by atoms with E-state index in [1.54, 1.807) is 44.2 Å². The second-order valence-electron chi connectivity index (χ2n) is 8.52. The van der Waals surface area contributed by atoms with Crippen LogP contribution >= 0.6 is 0 Å². The van der Waals surface area contributed by atoms with Gasteiger partial charge in [0.15, 0.2) is 0 Å². The summed E-state index contributed by atoms with van der Waals surface area (Å²) < 4.78 is 56.0. The summed E-state index contributed by atoms with van der Waals surface area (Å²) in [6, 6.07) is 19.7. The maximum Gasteiger partial charge on any atom is 0.264 e. The average Bonchev–Trinajstić information content (AvgIpc) is 2.84. The van der Waals surface area contributed by atoms with Gasteiger partial charge in [-0.25, -0.2) is 31.5 Å². The predicted octanol–water partition coefficient (Wildman–Crippen LogP) is 4.26. The van der Waals surface area contributed by atoms with E-state index in [4.69, 9.17) is 0 Å². The van der Waals surface area contributed by atoms with Crippen molar-refractivity contribution in [3.63, 3.8) is 0 Å². The molecule has 0 aliphatic rings. The van der Waals surface area contributed by atoms with Gasteiger partial charge in [0.2, 0.25) is 5.95 Å². The molecule has 1 heterocycles. The zero-order valence-corrected chi connectivity index (χ0v) is 22.4. The minimum atomic E-state index is -3.96. The number of rotatable bonds is 8. The number of nitrogens with zero attached hydrogens (tertiary/aromatic N) is 2. The number of sulfonamides is 2. The number of carbonyl (C=O) groups is 1. The lowest BCUT2D eigenvalue weighted by atomic mass is 10.1. The van der Waals surface area contributed by atoms with Crippen molar-refractivity contribution >= 4 is 43.3 Å². The number of hydrogen-bond donors (Lipinski definition) is 3. The molecule has 3 aromatic carbocycles. The zero-order valence-electron chi connectivity index (χ0n) is 20.8. The smallest absolute Gasteiger partial charge is 0.264 e. The Morgan fingerprint density at radius 3 is 1.82 bits per heavy atom. The molecule has 1 aromatic heterocycles. The highest BCUT2D eigenvalue weighted by molar-refractivity contribution is 7.93. The largest absolute Gasteiger partial charge is 0.322 e. The van der Waals surface area contributed by atoms with Crippen LogP contribution < -0.4 is 14.8 Å². The maximum absolute atomic E-state index is 13.0. The lowest BCUT2D eigenvalue weighted by Gasteiger charge is -2.13. The third kappa shape index (κ3) is 6.33. The Labute approximate surface area is 221 Å². The number of anilines is 3. The van der Waals surface area contributed by atoms with Crippen molar-refractivity contribution in [3.05, 3.63) is 101 Å². The van der Waals surface area contributed by atoms with E-state index in [0.717, 1.165) is 5.56 Å². The van der Waals surface area contributed by atoms with Crippen LogP contribution in [0.15, 0.2) is 88.7 Å². The van der Waals surface area contributed by atoms with E-state index in [0.29, 0.717) is 17.1 Å². The molecule has 10 nitrogen and oxygen atoms in total. The number of carbonyl (C=O) groups excluding carboxylic acids is 1. The number of benzene rings is 3. The fourth-order valence-corrected chi connectivity index (χ4v) is 5.58. The van der Waals surface area contributed by atoms with Crippen LogP contribution in [0.2, 0.25) is 0 Å². The van der Waals surface area contributed by atoms with Crippen LogP contribution in [-0.2, 0) is 20.0 Å². The lowest BCUT2D eigenvalue weighted by Crippen LogP contribution is -2.19. The molecule has 1 amide bonds. The van der Waals surface area contributed by atoms with Crippen molar-refractivity contribution < 1.29 is 21.6 Å². The number of aromatic nitrogens is 2. The molecule has 0 aliphatic carbocycles. The molecule has 0 atom stereocenters. The van der Waals surface area contributed by atoms with Crippen LogP contribution in [0.4, 0.5) is 17.3 Å². The lowest BCUT2D eigenvalue weighted by molar-refractivity contribution is 0.102. The molecule has 12 heteroatoms. The van der Waals surface area contributed by atoms with Gasteiger partial charge in [0.25, 0.3) is 26.0 Å². The van der Waals surface area contributed by atoms with Crippen LogP contribution in [0.1, 0.15) is 27.3 Å². The molecule has 0 fully saturated rings. The Hall–Kier alpha value is -4.29. The summed E-state index contributed by atoms with van der Waals surface area (Å²) in [5.74, 6) is -0.617. The first-order valence-electron chi connectivity index (χ1n) is 11.4. The molecule has 4 aromatic rings. The van der Waals surface area contributed by atoms with Gasteiger partial charge in [-0.2, -0.15) is 0 Å². The van der Waals surface area contributed by atoms with Gasteiger partial charge in [0.1, 0.15) is 0 Å². The van der Waals surface area contributed by atoms with E-state index < -0.39 is 26.0 Å². The Balaban J connectivity index is 1.50. The maximum atomic E-state index is 13.0. The third-order valence-corrected chi connectivity index (χ3v) is 8.10. The summed E-state index contributed by atoms with van der Waals surface area (Å²) >= 11 is 0. The van der Waals surface area contributed by atoms with Gasteiger partial charge in [0, 0.05) is 17.1 Å². The molecule has 0 saturated carbocycles. The number of para-hydroxylation sites is 1. The predicted molar refractivity (Wildman–Crippen MR) is 145 cm³/mol. The summed E-state index contributed by atoms with van der Waals surface area (Å²) in [6.07, 6.45) is 0. The van der Waals surface area contributed by atoms with E-state index in [1.165, 1.54) is 48.5 Å². The normalized spacial score (nSPS) is 11.6. The topological polar surface area (TPSA) is 147 Å². The van der Waals surface area contributed by atoms with Crippen molar-refractivity contribution in [1.29, 1.82) is 0 Å². The molecule has 0 radical (unpaired) electrons. The van der Waals surface area contributed by atoms with Gasteiger partial charge in [-0.1, -0.05) is 29.8 Å². The molecular formula is C26H25N5O5S2. The van der Waals surface area contributed by atoms with Crippen LogP contribution in [0.5, 0.6) is 0 Å². The van der Waals surface area contributed by atoms with Crippen LogP contribution in [0.25, 0.3) is 0 Å². The fourth-order valence-electron chi connectivity index (χ4n) is 3.56. The van der Waals surface area contributed by atoms with Crippen LogP contribution in [0.3, 0.4) is 0 Å². The molecule has 4 rings (SSSR count). The van der Waals surface area contributed by atoms with Crippen LogP contribution in [-0.4, -0.2) is 32.7 Å². The van der Waals surface area contributed by atoms with Crippen molar-refractivity contribution in [3.8, 4) is 0 Å². The fraction of sp³-hybridized carbons (Fsp3) is 0.115. The summed E-state index contributed by atoms with van der Waals surface area (Å²) in [7, 11) is -7.89. The summed E-state index contributed by atoms with van der Waals surface area (Å²) in [6.45, 7) is 5.31. The number of aryl methyl sites for hydroxylation is 3. The molecule has 196 valence electrons. The summed E-state index contributed by atoms with van der Waals surface area (Å²) in [5, 5.41) is 2.66. The van der Waals surface area contributed by atoms with Crippen LogP contribution in [0, 0.1) is 20.8 Å². The second kappa shape index (κ2) is 10.6. The number of nitrogens with one attached hydrogen (secondary N) is 3. The van der Waals surface area contributed by atoms with Gasteiger partial charge in [-0.05, 0) is 75.4 Å². The average molecular weight is 552 g/mol. The standard InChI is InChI=1S/C26H25N5O5S2/c1-17-8-12-21(13-9-17)37(33,34)30-24-7-5-4-6-23(24)25(32)29-20-10-14-22(15-11-20)38(35,36)31-26-27-18(2)16-19(3)28-26/h4-16,30H,1-3H3,(H,29,32)(H,27,28,31). The van der Waals surface area contributed by atoms with Crippen molar-refractivity contribution in [2.75, 3.05) is 14.8 Å². The van der Waals surface area contributed by atoms with Gasteiger partial charge in [-0.3, -0.25) is 9.52 Å². The minimum absolute atomic E-state index is 0.0374. The van der Waals surface area contributed by atoms with E-state index in [9.17, 15) is 21.6 Å².